The highest BCUT2D eigenvalue weighted by atomic mass is 28.3. The molecule has 1 nitrogen and oxygen atoms in total. The standard InChI is InChI=1S/C13H28OSi/c1-5-6-7-9-13(10-8-11-14)12-15(2,3)4/h10,14H,5-9,11-12H2,1-4H3/b13-10-. The molecule has 0 amide bonds. The summed E-state index contributed by atoms with van der Waals surface area (Å²) in [7, 11) is -0.980. The second kappa shape index (κ2) is 8.11. The number of hydrogen-bond acceptors (Lipinski definition) is 1. The Hall–Kier alpha value is -0.0831. The first-order valence-electron chi connectivity index (χ1n) is 6.28. The lowest BCUT2D eigenvalue weighted by molar-refractivity contribution is 0.302. The predicted molar refractivity (Wildman–Crippen MR) is 72.1 cm³/mol. The largest absolute Gasteiger partial charge is 0.396 e. The molecule has 0 radical (unpaired) electrons. The van der Waals surface area contributed by atoms with E-state index in [2.05, 4.69) is 32.6 Å². The number of rotatable bonds is 8. The highest BCUT2D eigenvalue weighted by Crippen LogP contribution is 2.21. The summed E-state index contributed by atoms with van der Waals surface area (Å²) in [5.74, 6) is 0. The van der Waals surface area contributed by atoms with E-state index >= 15 is 0 Å². The zero-order chi connectivity index (χ0) is 11.7. The smallest absolute Gasteiger partial charge is 0.0483 e. The quantitative estimate of drug-likeness (QED) is 0.375. The van der Waals surface area contributed by atoms with E-state index < -0.39 is 8.07 Å². The molecule has 0 saturated carbocycles. The molecule has 0 fully saturated rings. The number of aliphatic hydroxyl groups is 1. The van der Waals surface area contributed by atoms with Crippen LogP contribution in [0.25, 0.3) is 0 Å². The van der Waals surface area contributed by atoms with E-state index in [-0.39, 0.29) is 0 Å². The molecule has 0 aliphatic heterocycles. The van der Waals surface area contributed by atoms with Gasteiger partial charge in [0.2, 0.25) is 0 Å². The fraction of sp³-hybridized carbons (Fsp3) is 0.846. The van der Waals surface area contributed by atoms with Gasteiger partial charge in [-0.2, -0.15) is 0 Å². The van der Waals surface area contributed by atoms with E-state index in [1.165, 1.54) is 31.7 Å². The molecule has 0 bridgehead atoms. The van der Waals surface area contributed by atoms with Gasteiger partial charge in [-0.15, -0.1) is 0 Å². The van der Waals surface area contributed by atoms with Gasteiger partial charge in [0.15, 0.2) is 0 Å². The Kier molecular flexibility index (Phi) is 8.07. The van der Waals surface area contributed by atoms with Crippen LogP contribution in [0.5, 0.6) is 0 Å². The third-order valence-electron chi connectivity index (χ3n) is 2.42. The van der Waals surface area contributed by atoms with Crippen LogP contribution < -0.4 is 0 Å². The van der Waals surface area contributed by atoms with Gasteiger partial charge in [-0.3, -0.25) is 0 Å². The monoisotopic (exact) mass is 228 g/mol. The predicted octanol–water partition coefficient (Wildman–Crippen LogP) is 4.21. The van der Waals surface area contributed by atoms with E-state index in [0.717, 1.165) is 6.42 Å². The number of allylic oxidation sites excluding steroid dienone is 1. The van der Waals surface area contributed by atoms with E-state index in [1.807, 2.05) is 0 Å². The van der Waals surface area contributed by atoms with Gasteiger partial charge in [0, 0.05) is 14.7 Å². The van der Waals surface area contributed by atoms with Crippen molar-refractivity contribution in [3.05, 3.63) is 11.6 Å². The normalized spacial score (nSPS) is 13.3. The lowest BCUT2D eigenvalue weighted by atomic mass is 10.1. The molecule has 0 unspecified atom stereocenters. The van der Waals surface area contributed by atoms with Gasteiger partial charge in [0.25, 0.3) is 0 Å². The van der Waals surface area contributed by atoms with E-state index in [0.29, 0.717) is 6.61 Å². The summed E-state index contributed by atoms with van der Waals surface area (Å²) < 4.78 is 0. The Bertz CT molecular complexity index is 179. The van der Waals surface area contributed by atoms with Crippen LogP contribution in [0.2, 0.25) is 25.7 Å². The van der Waals surface area contributed by atoms with Crippen LogP contribution in [0, 0.1) is 0 Å². The molecule has 0 aliphatic rings. The van der Waals surface area contributed by atoms with Gasteiger partial charge in [0.1, 0.15) is 0 Å². The lowest BCUT2D eigenvalue weighted by Crippen LogP contribution is -2.20. The van der Waals surface area contributed by atoms with Crippen molar-refractivity contribution in [3.63, 3.8) is 0 Å². The maximum Gasteiger partial charge on any atom is 0.0483 e. The molecular formula is C13H28OSi. The van der Waals surface area contributed by atoms with Gasteiger partial charge in [-0.05, 0) is 25.3 Å². The summed E-state index contributed by atoms with van der Waals surface area (Å²) in [6.45, 7) is 9.79. The maximum absolute atomic E-state index is 8.85. The molecule has 0 spiro atoms. The minimum absolute atomic E-state index is 0.295. The average Bonchev–Trinajstić information content (AvgIpc) is 2.12. The Morgan fingerprint density at radius 3 is 2.33 bits per heavy atom. The summed E-state index contributed by atoms with van der Waals surface area (Å²) in [5, 5.41) is 8.85. The molecular weight excluding hydrogens is 200 g/mol. The van der Waals surface area contributed by atoms with Crippen molar-refractivity contribution in [1.82, 2.24) is 0 Å². The molecule has 0 aliphatic carbocycles. The van der Waals surface area contributed by atoms with Crippen LogP contribution >= 0.6 is 0 Å². The molecule has 0 rings (SSSR count). The zero-order valence-electron chi connectivity index (χ0n) is 11.0. The Balaban J connectivity index is 4.07. The molecule has 1 N–H and O–H groups in total. The van der Waals surface area contributed by atoms with Crippen LogP contribution in [-0.4, -0.2) is 19.8 Å². The summed E-state index contributed by atoms with van der Waals surface area (Å²) in [6, 6.07) is 1.30. The molecule has 2 heteroatoms. The molecule has 15 heavy (non-hydrogen) atoms. The maximum atomic E-state index is 8.85. The molecule has 0 heterocycles. The van der Waals surface area contributed by atoms with Crippen molar-refractivity contribution in [1.29, 1.82) is 0 Å². The zero-order valence-corrected chi connectivity index (χ0v) is 12.0. The average molecular weight is 228 g/mol. The van der Waals surface area contributed by atoms with Gasteiger partial charge in [-0.1, -0.05) is 51.1 Å². The Morgan fingerprint density at radius 1 is 1.20 bits per heavy atom. The van der Waals surface area contributed by atoms with E-state index in [1.54, 1.807) is 5.57 Å². The van der Waals surface area contributed by atoms with Crippen LogP contribution in [0.4, 0.5) is 0 Å². The van der Waals surface area contributed by atoms with Gasteiger partial charge in [0.05, 0.1) is 0 Å². The first-order chi connectivity index (χ1) is 6.99. The van der Waals surface area contributed by atoms with Crippen LogP contribution in [0.15, 0.2) is 11.6 Å². The fourth-order valence-electron chi connectivity index (χ4n) is 1.81. The van der Waals surface area contributed by atoms with Crippen molar-refractivity contribution in [2.45, 2.75) is 64.7 Å². The Morgan fingerprint density at radius 2 is 1.87 bits per heavy atom. The summed E-state index contributed by atoms with van der Waals surface area (Å²) in [4.78, 5) is 0. The summed E-state index contributed by atoms with van der Waals surface area (Å²) in [5.41, 5.74) is 1.59. The Labute approximate surface area is 96.6 Å². The first kappa shape index (κ1) is 14.9. The van der Waals surface area contributed by atoms with Gasteiger partial charge in [-0.25, -0.2) is 0 Å². The van der Waals surface area contributed by atoms with Crippen molar-refractivity contribution in [2.24, 2.45) is 0 Å². The highest BCUT2D eigenvalue weighted by Gasteiger charge is 2.14. The fourth-order valence-corrected chi connectivity index (χ4v) is 3.50. The molecule has 90 valence electrons. The second-order valence-corrected chi connectivity index (χ2v) is 11.0. The number of aliphatic hydroxyl groups excluding tert-OH is 1. The molecule has 0 aromatic carbocycles. The van der Waals surface area contributed by atoms with Crippen LogP contribution in [0.1, 0.15) is 39.0 Å². The summed E-state index contributed by atoms with van der Waals surface area (Å²) in [6.07, 6.45) is 8.30. The minimum atomic E-state index is -0.980. The van der Waals surface area contributed by atoms with Gasteiger partial charge < -0.3 is 5.11 Å². The molecule has 0 aromatic rings. The third kappa shape index (κ3) is 10.2. The van der Waals surface area contributed by atoms with Crippen molar-refractivity contribution in [2.75, 3.05) is 6.61 Å². The van der Waals surface area contributed by atoms with Crippen molar-refractivity contribution >= 4 is 8.07 Å². The number of unbranched alkanes of at least 4 members (excludes halogenated alkanes) is 2. The molecule has 0 atom stereocenters. The SMILES string of the molecule is CCCCC/C(=C/CCO)C[Si](C)(C)C. The first-order valence-corrected chi connectivity index (χ1v) is 9.99. The highest BCUT2D eigenvalue weighted by molar-refractivity contribution is 6.76. The lowest BCUT2D eigenvalue weighted by Gasteiger charge is -2.18. The number of hydrogen-bond donors (Lipinski definition) is 1. The topological polar surface area (TPSA) is 20.2 Å². The van der Waals surface area contributed by atoms with Crippen LogP contribution in [0.3, 0.4) is 0 Å². The third-order valence-corrected chi connectivity index (χ3v) is 3.94. The minimum Gasteiger partial charge on any atom is -0.396 e. The van der Waals surface area contributed by atoms with Crippen molar-refractivity contribution in [3.8, 4) is 0 Å². The van der Waals surface area contributed by atoms with Gasteiger partial charge >= 0.3 is 0 Å². The van der Waals surface area contributed by atoms with E-state index in [9.17, 15) is 0 Å². The second-order valence-electron chi connectivity index (χ2n) is 5.57. The molecule has 0 aromatic heterocycles. The van der Waals surface area contributed by atoms with Crippen molar-refractivity contribution < 1.29 is 5.11 Å². The summed E-state index contributed by atoms with van der Waals surface area (Å²) >= 11 is 0. The van der Waals surface area contributed by atoms with E-state index in [4.69, 9.17) is 5.11 Å². The van der Waals surface area contributed by atoms with Crippen LogP contribution in [-0.2, 0) is 0 Å². The molecule has 0 saturated heterocycles.